The summed E-state index contributed by atoms with van der Waals surface area (Å²) in [6.07, 6.45) is -0.518. The molecule has 1 aromatic rings. The van der Waals surface area contributed by atoms with Crippen LogP contribution in [0, 0.1) is 6.92 Å². The van der Waals surface area contributed by atoms with Crippen molar-refractivity contribution in [2.24, 2.45) is 0 Å². The van der Waals surface area contributed by atoms with Gasteiger partial charge in [0.15, 0.2) is 0 Å². The molecule has 0 radical (unpaired) electrons. The summed E-state index contributed by atoms with van der Waals surface area (Å²) in [6, 6.07) is 4.90. The number of hydrogen-bond acceptors (Lipinski definition) is 3. The first-order valence-electron chi connectivity index (χ1n) is 4.37. The van der Waals surface area contributed by atoms with Crippen molar-refractivity contribution in [3.63, 3.8) is 0 Å². The first kappa shape index (κ1) is 10.4. The van der Waals surface area contributed by atoms with Gasteiger partial charge in [-0.15, -0.1) is 0 Å². The van der Waals surface area contributed by atoms with E-state index in [-0.39, 0.29) is 5.75 Å². The van der Waals surface area contributed by atoms with Crippen molar-refractivity contribution in [2.75, 3.05) is 11.9 Å². The molecule has 0 saturated heterocycles. The number of aryl methyl sites for hydroxylation is 1. The minimum Gasteiger partial charge on any atom is -0.508 e. The number of phenols is 1. The first-order chi connectivity index (χ1) is 6.63. The Morgan fingerprint density at radius 2 is 2.29 bits per heavy atom. The topological polar surface area (TPSA) is 58.6 Å². The quantitative estimate of drug-likeness (QED) is 0.761. The molecule has 0 heterocycles. The zero-order valence-corrected chi connectivity index (χ0v) is 8.20. The van der Waals surface area contributed by atoms with Gasteiger partial charge in [-0.3, -0.25) is 5.32 Å². The molecule has 0 aliphatic carbocycles. The largest absolute Gasteiger partial charge is 0.508 e. The van der Waals surface area contributed by atoms with Gasteiger partial charge in [-0.2, -0.15) is 0 Å². The van der Waals surface area contributed by atoms with Gasteiger partial charge in [-0.05, 0) is 25.5 Å². The van der Waals surface area contributed by atoms with Crippen LogP contribution in [0.1, 0.15) is 12.5 Å². The lowest BCUT2D eigenvalue weighted by molar-refractivity contribution is 0.168. The standard InChI is InChI=1S/C10H13NO3/c1-3-14-10(13)11-8-5-4-7(2)9(12)6-8/h4-6,12H,3H2,1-2H3,(H,11,13). The van der Waals surface area contributed by atoms with Gasteiger partial charge in [0.25, 0.3) is 0 Å². The highest BCUT2D eigenvalue weighted by atomic mass is 16.5. The van der Waals surface area contributed by atoms with Crippen LogP contribution >= 0.6 is 0 Å². The summed E-state index contributed by atoms with van der Waals surface area (Å²) in [5.74, 6) is 0.152. The van der Waals surface area contributed by atoms with E-state index in [2.05, 4.69) is 10.1 Å². The van der Waals surface area contributed by atoms with Crippen LogP contribution in [0.25, 0.3) is 0 Å². The van der Waals surface area contributed by atoms with Crippen molar-refractivity contribution in [1.82, 2.24) is 0 Å². The third-order valence-corrected chi connectivity index (χ3v) is 1.73. The highest BCUT2D eigenvalue weighted by Gasteiger charge is 2.03. The molecule has 0 unspecified atom stereocenters. The highest BCUT2D eigenvalue weighted by Crippen LogP contribution is 2.20. The van der Waals surface area contributed by atoms with Crippen LogP contribution in [-0.4, -0.2) is 17.8 Å². The number of hydrogen-bond donors (Lipinski definition) is 2. The summed E-state index contributed by atoms with van der Waals surface area (Å²) < 4.78 is 4.68. The Morgan fingerprint density at radius 3 is 2.86 bits per heavy atom. The van der Waals surface area contributed by atoms with Gasteiger partial charge in [0.1, 0.15) is 5.75 Å². The highest BCUT2D eigenvalue weighted by molar-refractivity contribution is 5.84. The SMILES string of the molecule is CCOC(=O)Nc1ccc(C)c(O)c1. The zero-order valence-electron chi connectivity index (χ0n) is 8.20. The molecule has 0 aromatic heterocycles. The molecule has 1 amide bonds. The molecule has 0 atom stereocenters. The number of aromatic hydroxyl groups is 1. The van der Waals surface area contributed by atoms with Gasteiger partial charge in [0.05, 0.1) is 6.61 Å². The smallest absolute Gasteiger partial charge is 0.411 e. The monoisotopic (exact) mass is 195 g/mol. The molecular weight excluding hydrogens is 182 g/mol. The van der Waals surface area contributed by atoms with Crippen LogP contribution in [-0.2, 0) is 4.74 Å². The van der Waals surface area contributed by atoms with Gasteiger partial charge in [0.2, 0.25) is 0 Å². The van der Waals surface area contributed by atoms with E-state index in [1.54, 1.807) is 26.0 Å². The van der Waals surface area contributed by atoms with Crippen LogP contribution in [0.3, 0.4) is 0 Å². The lowest BCUT2D eigenvalue weighted by atomic mass is 10.2. The summed E-state index contributed by atoms with van der Waals surface area (Å²) >= 11 is 0. The molecule has 0 spiro atoms. The van der Waals surface area contributed by atoms with Gasteiger partial charge >= 0.3 is 6.09 Å². The second-order valence-electron chi connectivity index (χ2n) is 2.85. The van der Waals surface area contributed by atoms with E-state index in [4.69, 9.17) is 0 Å². The van der Waals surface area contributed by atoms with Crippen LogP contribution in [0.2, 0.25) is 0 Å². The molecule has 1 rings (SSSR count). The Labute approximate surface area is 82.5 Å². The van der Waals surface area contributed by atoms with E-state index in [9.17, 15) is 9.90 Å². The maximum Gasteiger partial charge on any atom is 0.411 e. The van der Waals surface area contributed by atoms with Gasteiger partial charge < -0.3 is 9.84 Å². The van der Waals surface area contributed by atoms with E-state index in [0.717, 1.165) is 5.56 Å². The molecule has 2 N–H and O–H groups in total. The number of anilines is 1. The number of ether oxygens (including phenoxy) is 1. The molecule has 0 aliphatic rings. The van der Waals surface area contributed by atoms with Crippen molar-refractivity contribution in [3.8, 4) is 5.75 Å². The van der Waals surface area contributed by atoms with Gasteiger partial charge in [0, 0.05) is 11.8 Å². The molecule has 0 saturated carbocycles. The zero-order chi connectivity index (χ0) is 10.6. The molecule has 0 aliphatic heterocycles. The lowest BCUT2D eigenvalue weighted by Gasteiger charge is -2.06. The average Bonchev–Trinajstić information content (AvgIpc) is 2.12. The molecule has 4 heteroatoms. The molecule has 0 bridgehead atoms. The summed E-state index contributed by atoms with van der Waals surface area (Å²) in [6.45, 7) is 3.83. The van der Waals surface area contributed by atoms with E-state index in [1.807, 2.05) is 0 Å². The van der Waals surface area contributed by atoms with Crippen LogP contribution in [0.15, 0.2) is 18.2 Å². The molecular formula is C10H13NO3. The van der Waals surface area contributed by atoms with Crippen molar-refractivity contribution >= 4 is 11.8 Å². The third-order valence-electron chi connectivity index (χ3n) is 1.73. The van der Waals surface area contributed by atoms with Gasteiger partial charge in [-0.25, -0.2) is 4.79 Å². The molecule has 1 aromatic carbocycles. The Hall–Kier alpha value is -1.71. The van der Waals surface area contributed by atoms with Crippen LogP contribution in [0.5, 0.6) is 5.75 Å². The lowest BCUT2D eigenvalue weighted by Crippen LogP contribution is -2.13. The second kappa shape index (κ2) is 4.50. The Kier molecular flexibility index (Phi) is 3.34. The Morgan fingerprint density at radius 1 is 1.57 bits per heavy atom. The Balaban J connectivity index is 2.68. The number of carbonyl (C=O) groups is 1. The average molecular weight is 195 g/mol. The number of nitrogens with one attached hydrogen (secondary N) is 1. The van der Waals surface area contributed by atoms with E-state index >= 15 is 0 Å². The maximum atomic E-state index is 11.0. The number of phenolic OH excluding ortho intramolecular Hbond substituents is 1. The molecule has 76 valence electrons. The molecule has 0 fully saturated rings. The minimum atomic E-state index is -0.518. The minimum absolute atomic E-state index is 0.152. The maximum absolute atomic E-state index is 11.0. The van der Waals surface area contributed by atoms with Crippen molar-refractivity contribution in [2.45, 2.75) is 13.8 Å². The Bertz CT molecular complexity index is 336. The normalized spacial score (nSPS) is 9.57. The number of rotatable bonds is 2. The first-order valence-corrected chi connectivity index (χ1v) is 4.37. The predicted octanol–water partition coefficient (Wildman–Crippen LogP) is 2.27. The van der Waals surface area contributed by atoms with Crippen molar-refractivity contribution in [1.29, 1.82) is 0 Å². The van der Waals surface area contributed by atoms with E-state index < -0.39 is 6.09 Å². The summed E-state index contributed by atoms with van der Waals surface area (Å²) in [5.41, 5.74) is 1.28. The third kappa shape index (κ3) is 2.65. The molecule has 14 heavy (non-hydrogen) atoms. The summed E-state index contributed by atoms with van der Waals surface area (Å²) in [4.78, 5) is 11.0. The predicted molar refractivity (Wildman–Crippen MR) is 53.5 cm³/mol. The van der Waals surface area contributed by atoms with E-state index in [0.29, 0.717) is 12.3 Å². The fraction of sp³-hybridized carbons (Fsp3) is 0.300. The van der Waals surface area contributed by atoms with Crippen LogP contribution in [0.4, 0.5) is 10.5 Å². The number of benzene rings is 1. The fourth-order valence-electron chi connectivity index (χ4n) is 0.972. The van der Waals surface area contributed by atoms with Crippen LogP contribution < -0.4 is 5.32 Å². The summed E-state index contributed by atoms with van der Waals surface area (Å²) in [5, 5.41) is 11.8. The fourth-order valence-corrected chi connectivity index (χ4v) is 0.972. The van der Waals surface area contributed by atoms with Crippen molar-refractivity contribution in [3.05, 3.63) is 23.8 Å². The van der Waals surface area contributed by atoms with E-state index in [1.165, 1.54) is 6.07 Å². The summed E-state index contributed by atoms with van der Waals surface area (Å²) in [7, 11) is 0. The second-order valence-corrected chi connectivity index (χ2v) is 2.85. The molecule has 4 nitrogen and oxygen atoms in total. The number of carbonyl (C=O) groups excluding carboxylic acids is 1. The van der Waals surface area contributed by atoms with Crippen molar-refractivity contribution < 1.29 is 14.6 Å². The van der Waals surface area contributed by atoms with Gasteiger partial charge in [-0.1, -0.05) is 6.07 Å². The number of amides is 1.